The van der Waals surface area contributed by atoms with Crippen LogP contribution in [0.15, 0.2) is 40.6 Å². The Kier molecular flexibility index (Phi) is 5.76. The molecule has 0 aliphatic carbocycles. The molecule has 0 bridgehead atoms. The highest BCUT2D eigenvalue weighted by Crippen LogP contribution is 2.32. The molecule has 1 nitrogen and oxygen atoms in total. The number of hydrogen-bond donors (Lipinski definition) is 1. The fourth-order valence-corrected chi connectivity index (χ4v) is 4.37. The fourth-order valence-electron chi connectivity index (χ4n) is 1.91. The Balaban J connectivity index is 2.04. The molecule has 0 radical (unpaired) electrons. The number of nitrogens with one attached hydrogen (secondary N) is 1. The molecule has 19 heavy (non-hydrogen) atoms. The van der Waals surface area contributed by atoms with Crippen LogP contribution in [0, 0.1) is 6.92 Å². The monoisotopic (exact) mass is 311 g/mol. The van der Waals surface area contributed by atoms with Crippen LogP contribution in [0.5, 0.6) is 0 Å². The van der Waals surface area contributed by atoms with Crippen LogP contribution in [0.3, 0.4) is 0 Å². The summed E-state index contributed by atoms with van der Waals surface area (Å²) in [7, 11) is 0. The van der Waals surface area contributed by atoms with Gasteiger partial charge in [0.05, 0.1) is 11.1 Å². The Labute approximate surface area is 128 Å². The van der Waals surface area contributed by atoms with Gasteiger partial charge in [-0.1, -0.05) is 36.2 Å². The van der Waals surface area contributed by atoms with Gasteiger partial charge in [0.2, 0.25) is 0 Å². The first-order chi connectivity index (χ1) is 9.20. The minimum Gasteiger partial charge on any atom is -0.309 e. The summed E-state index contributed by atoms with van der Waals surface area (Å²) in [6, 6.07) is 10.9. The highest BCUT2D eigenvalue weighted by Gasteiger charge is 2.15. The first-order valence-corrected chi connectivity index (χ1v) is 8.60. The molecule has 0 fully saturated rings. The van der Waals surface area contributed by atoms with Gasteiger partial charge in [-0.05, 0) is 37.0 Å². The van der Waals surface area contributed by atoms with Gasteiger partial charge in [0.25, 0.3) is 0 Å². The van der Waals surface area contributed by atoms with E-state index in [1.807, 2.05) is 17.8 Å². The van der Waals surface area contributed by atoms with E-state index in [1.54, 1.807) is 11.3 Å². The molecule has 2 aromatic rings. The largest absolute Gasteiger partial charge is 0.309 e. The minimum absolute atomic E-state index is 0.322. The highest BCUT2D eigenvalue weighted by atomic mass is 35.5. The topological polar surface area (TPSA) is 12.0 Å². The maximum atomic E-state index is 6.24. The van der Waals surface area contributed by atoms with Gasteiger partial charge in [0.1, 0.15) is 0 Å². The number of aryl methyl sites for hydroxylation is 1. The average molecular weight is 312 g/mol. The summed E-state index contributed by atoms with van der Waals surface area (Å²) < 4.78 is 0. The van der Waals surface area contributed by atoms with Crippen molar-refractivity contribution in [3.05, 3.63) is 51.2 Å². The molecule has 1 aromatic carbocycles. The molecule has 1 N–H and O–H groups in total. The summed E-state index contributed by atoms with van der Waals surface area (Å²) in [5, 5.41) is 6.45. The van der Waals surface area contributed by atoms with Crippen LogP contribution in [-0.2, 0) is 0 Å². The van der Waals surface area contributed by atoms with E-state index in [1.165, 1.54) is 15.3 Å². The van der Waals surface area contributed by atoms with Crippen molar-refractivity contribution >= 4 is 34.7 Å². The molecule has 1 aromatic heterocycles. The molecule has 4 heteroatoms. The van der Waals surface area contributed by atoms with Crippen LogP contribution in [0.2, 0.25) is 5.02 Å². The van der Waals surface area contributed by atoms with E-state index in [4.69, 9.17) is 11.6 Å². The second kappa shape index (κ2) is 7.34. The van der Waals surface area contributed by atoms with E-state index in [0.29, 0.717) is 6.04 Å². The summed E-state index contributed by atoms with van der Waals surface area (Å²) in [5.74, 6) is 0.998. The summed E-state index contributed by atoms with van der Waals surface area (Å²) in [5.41, 5.74) is 1.30. The third-order valence-corrected chi connectivity index (χ3v) is 5.38. The molecule has 0 saturated heterocycles. The van der Waals surface area contributed by atoms with Gasteiger partial charge in [-0.2, -0.15) is 0 Å². The van der Waals surface area contributed by atoms with Crippen LogP contribution in [0.4, 0.5) is 0 Å². The van der Waals surface area contributed by atoms with E-state index in [2.05, 4.69) is 48.8 Å². The lowest BCUT2D eigenvalue weighted by atomic mass is 10.2. The standard InChI is InChI=1S/C15H18ClNS2/c1-3-17-14(15-13(16)7-8-18-15)10-19-12-6-4-5-11(2)9-12/h4-9,14,17H,3,10H2,1-2H3. The zero-order chi connectivity index (χ0) is 13.7. The van der Waals surface area contributed by atoms with Crippen molar-refractivity contribution in [1.29, 1.82) is 0 Å². The Morgan fingerprint density at radius 2 is 2.21 bits per heavy atom. The number of benzene rings is 1. The Hall–Kier alpha value is -0.480. The molecule has 0 saturated carbocycles. The molecule has 0 amide bonds. The lowest BCUT2D eigenvalue weighted by Crippen LogP contribution is -2.22. The summed E-state index contributed by atoms with van der Waals surface area (Å²) in [6.07, 6.45) is 0. The number of hydrogen-bond acceptors (Lipinski definition) is 3. The molecule has 1 atom stereocenters. The number of halogens is 1. The van der Waals surface area contributed by atoms with Gasteiger partial charge >= 0.3 is 0 Å². The van der Waals surface area contributed by atoms with Crippen molar-refractivity contribution in [2.75, 3.05) is 12.3 Å². The second-order valence-electron chi connectivity index (χ2n) is 4.37. The average Bonchev–Trinajstić information content (AvgIpc) is 2.81. The lowest BCUT2D eigenvalue weighted by Gasteiger charge is -2.16. The number of thiophene rings is 1. The van der Waals surface area contributed by atoms with Crippen LogP contribution < -0.4 is 5.32 Å². The quantitative estimate of drug-likeness (QED) is 0.740. The third-order valence-electron chi connectivity index (χ3n) is 2.82. The molecular formula is C15H18ClNS2. The molecule has 0 spiro atoms. The van der Waals surface area contributed by atoms with E-state index in [-0.39, 0.29) is 0 Å². The van der Waals surface area contributed by atoms with Crippen LogP contribution >= 0.6 is 34.7 Å². The fraction of sp³-hybridized carbons (Fsp3) is 0.333. The zero-order valence-electron chi connectivity index (χ0n) is 11.2. The van der Waals surface area contributed by atoms with Crippen molar-refractivity contribution in [2.45, 2.75) is 24.8 Å². The molecule has 0 aliphatic rings. The SMILES string of the molecule is CCNC(CSc1cccc(C)c1)c1sccc1Cl. The van der Waals surface area contributed by atoms with E-state index in [0.717, 1.165) is 17.3 Å². The molecule has 0 aliphatic heterocycles. The molecule has 2 rings (SSSR count). The number of thioether (sulfide) groups is 1. The Bertz CT molecular complexity index is 524. The van der Waals surface area contributed by atoms with Gasteiger partial charge in [0, 0.05) is 15.5 Å². The first kappa shape index (κ1) is 14.9. The van der Waals surface area contributed by atoms with E-state index < -0.39 is 0 Å². The van der Waals surface area contributed by atoms with Crippen molar-refractivity contribution in [3.8, 4) is 0 Å². The summed E-state index contributed by atoms with van der Waals surface area (Å²) in [4.78, 5) is 2.55. The first-order valence-electron chi connectivity index (χ1n) is 6.36. The van der Waals surface area contributed by atoms with E-state index >= 15 is 0 Å². The smallest absolute Gasteiger partial charge is 0.0561 e. The predicted octanol–water partition coefficient (Wildman–Crippen LogP) is 5.15. The maximum absolute atomic E-state index is 6.24. The predicted molar refractivity (Wildman–Crippen MR) is 87.6 cm³/mol. The molecule has 1 heterocycles. The third kappa shape index (κ3) is 4.25. The molecule has 1 unspecified atom stereocenters. The Morgan fingerprint density at radius 1 is 1.37 bits per heavy atom. The number of rotatable bonds is 6. The van der Waals surface area contributed by atoms with Crippen molar-refractivity contribution in [2.24, 2.45) is 0 Å². The molecular weight excluding hydrogens is 294 g/mol. The maximum Gasteiger partial charge on any atom is 0.0561 e. The van der Waals surface area contributed by atoms with Gasteiger partial charge in [-0.3, -0.25) is 0 Å². The van der Waals surface area contributed by atoms with Crippen LogP contribution in [-0.4, -0.2) is 12.3 Å². The van der Waals surface area contributed by atoms with E-state index in [9.17, 15) is 0 Å². The highest BCUT2D eigenvalue weighted by molar-refractivity contribution is 7.99. The lowest BCUT2D eigenvalue weighted by molar-refractivity contribution is 0.615. The molecule has 102 valence electrons. The van der Waals surface area contributed by atoms with Crippen molar-refractivity contribution < 1.29 is 0 Å². The minimum atomic E-state index is 0.322. The summed E-state index contributed by atoms with van der Waals surface area (Å²) >= 11 is 9.84. The van der Waals surface area contributed by atoms with Gasteiger partial charge < -0.3 is 5.32 Å². The normalized spacial score (nSPS) is 12.6. The van der Waals surface area contributed by atoms with Crippen LogP contribution in [0.25, 0.3) is 0 Å². The zero-order valence-corrected chi connectivity index (χ0v) is 13.5. The van der Waals surface area contributed by atoms with Crippen molar-refractivity contribution in [1.82, 2.24) is 5.32 Å². The van der Waals surface area contributed by atoms with Gasteiger partial charge in [-0.25, -0.2) is 0 Å². The van der Waals surface area contributed by atoms with Gasteiger partial charge in [-0.15, -0.1) is 23.1 Å². The Morgan fingerprint density at radius 3 is 2.84 bits per heavy atom. The van der Waals surface area contributed by atoms with Crippen LogP contribution in [0.1, 0.15) is 23.4 Å². The summed E-state index contributed by atoms with van der Waals surface area (Å²) in [6.45, 7) is 5.21. The second-order valence-corrected chi connectivity index (χ2v) is 6.82. The van der Waals surface area contributed by atoms with Gasteiger partial charge in [0.15, 0.2) is 0 Å². The van der Waals surface area contributed by atoms with Crippen molar-refractivity contribution in [3.63, 3.8) is 0 Å².